The summed E-state index contributed by atoms with van der Waals surface area (Å²) < 4.78 is 6.46. The normalized spacial score (nSPS) is 10.5. The van der Waals surface area contributed by atoms with Gasteiger partial charge in [0.05, 0.1) is 5.56 Å². The van der Waals surface area contributed by atoms with Crippen molar-refractivity contribution < 1.29 is 4.42 Å². The summed E-state index contributed by atoms with van der Waals surface area (Å²) in [5.74, 6) is 0.467. The quantitative estimate of drug-likeness (QED) is 0.710. The summed E-state index contributed by atoms with van der Waals surface area (Å²) in [6.45, 7) is 0. The van der Waals surface area contributed by atoms with Crippen LogP contribution in [-0.4, -0.2) is 4.98 Å². The zero-order chi connectivity index (χ0) is 11.8. The topological polar surface area (TPSA) is 75.8 Å². The fourth-order valence-electron chi connectivity index (χ4n) is 1.67. The van der Waals surface area contributed by atoms with Gasteiger partial charge in [-0.1, -0.05) is 18.2 Å². The average Bonchev–Trinajstić information content (AvgIpc) is 2.92. The lowest BCUT2D eigenvalue weighted by molar-refractivity contribution is 0.594. The third kappa shape index (κ3) is 1.47. The van der Waals surface area contributed by atoms with Crippen molar-refractivity contribution in [2.24, 2.45) is 0 Å². The lowest BCUT2D eigenvalue weighted by Crippen LogP contribution is -1.84. The molecule has 2 aromatic heterocycles. The van der Waals surface area contributed by atoms with E-state index in [1.807, 2.05) is 35.7 Å². The molecule has 5 heteroatoms. The van der Waals surface area contributed by atoms with E-state index in [9.17, 15) is 0 Å². The standard InChI is InChI=1S/C12H7N3OS/c13-5-9-11(14)16-12(15-9)8-6-17-10-4-2-1-3-7(8)10/h1-4,6H,14H2. The van der Waals surface area contributed by atoms with Gasteiger partial charge in [-0.25, -0.2) is 0 Å². The van der Waals surface area contributed by atoms with Crippen molar-refractivity contribution in [1.29, 1.82) is 5.26 Å². The van der Waals surface area contributed by atoms with E-state index in [0.29, 0.717) is 5.89 Å². The highest BCUT2D eigenvalue weighted by Crippen LogP contribution is 2.34. The molecule has 0 aliphatic carbocycles. The van der Waals surface area contributed by atoms with Crippen molar-refractivity contribution in [3.05, 3.63) is 35.3 Å². The molecular weight excluding hydrogens is 234 g/mol. The minimum Gasteiger partial charge on any atom is -0.419 e. The maximum atomic E-state index is 8.79. The van der Waals surface area contributed by atoms with E-state index in [2.05, 4.69) is 4.98 Å². The number of aromatic nitrogens is 1. The molecule has 2 N–H and O–H groups in total. The molecule has 0 aliphatic rings. The van der Waals surface area contributed by atoms with Gasteiger partial charge in [-0.05, 0) is 6.07 Å². The molecule has 0 aliphatic heterocycles. The molecule has 0 spiro atoms. The van der Waals surface area contributed by atoms with Crippen LogP contribution in [0.25, 0.3) is 21.5 Å². The second-order valence-corrected chi connectivity index (χ2v) is 4.40. The number of fused-ring (bicyclic) bond motifs is 1. The molecule has 0 fully saturated rings. The second kappa shape index (κ2) is 3.61. The Balaban J connectivity index is 2.24. The summed E-state index contributed by atoms with van der Waals surface area (Å²) in [6, 6.07) is 9.86. The molecule has 0 saturated carbocycles. The molecule has 17 heavy (non-hydrogen) atoms. The van der Waals surface area contributed by atoms with Crippen LogP contribution in [0.15, 0.2) is 34.1 Å². The van der Waals surface area contributed by atoms with E-state index in [1.54, 1.807) is 11.3 Å². The van der Waals surface area contributed by atoms with Crippen LogP contribution in [0.2, 0.25) is 0 Å². The Kier molecular flexibility index (Phi) is 2.10. The zero-order valence-electron chi connectivity index (χ0n) is 8.68. The van der Waals surface area contributed by atoms with Crippen molar-refractivity contribution in [1.82, 2.24) is 4.98 Å². The van der Waals surface area contributed by atoms with E-state index < -0.39 is 0 Å². The Morgan fingerprint density at radius 2 is 2.18 bits per heavy atom. The van der Waals surface area contributed by atoms with Gasteiger partial charge in [0.25, 0.3) is 0 Å². The van der Waals surface area contributed by atoms with Crippen LogP contribution in [0.3, 0.4) is 0 Å². The summed E-state index contributed by atoms with van der Waals surface area (Å²) in [6.07, 6.45) is 0. The Labute approximate surface area is 101 Å². The molecule has 4 nitrogen and oxygen atoms in total. The van der Waals surface area contributed by atoms with Crippen LogP contribution in [-0.2, 0) is 0 Å². The van der Waals surface area contributed by atoms with E-state index in [-0.39, 0.29) is 11.6 Å². The number of oxazole rings is 1. The Bertz CT molecular complexity index is 736. The summed E-state index contributed by atoms with van der Waals surface area (Å²) in [5, 5.41) is 11.8. The van der Waals surface area contributed by atoms with Crippen molar-refractivity contribution >= 4 is 27.3 Å². The molecule has 0 atom stereocenters. The van der Waals surface area contributed by atoms with Crippen molar-refractivity contribution in [2.45, 2.75) is 0 Å². The van der Waals surface area contributed by atoms with Crippen LogP contribution in [0.1, 0.15) is 5.69 Å². The fraction of sp³-hybridized carbons (Fsp3) is 0. The van der Waals surface area contributed by atoms with Gasteiger partial charge in [-0.3, -0.25) is 0 Å². The van der Waals surface area contributed by atoms with Crippen molar-refractivity contribution in [3.8, 4) is 17.5 Å². The molecular formula is C12H7N3OS. The van der Waals surface area contributed by atoms with E-state index in [4.69, 9.17) is 15.4 Å². The first-order chi connectivity index (χ1) is 8.29. The highest BCUT2D eigenvalue weighted by atomic mass is 32.1. The van der Waals surface area contributed by atoms with Gasteiger partial charge in [0.15, 0.2) is 0 Å². The zero-order valence-corrected chi connectivity index (χ0v) is 9.49. The monoisotopic (exact) mass is 241 g/mol. The SMILES string of the molecule is N#Cc1nc(-c2csc3ccccc23)oc1N. The fourth-order valence-corrected chi connectivity index (χ4v) is 2.61. The summed E-state index contributed by atoms with van der Waals surface area (Å²) in [7, 11) is 0. The number of hydrogen-bond acceptors (Lipinski definition) is 5. The number of thiophene rings is 1. The smallest absolute Gasteiger partial charge is 0.231 e. The largest absolute Gasteiger partial charge is 0.419 e. The first-order valence-electron chi connectivity index (χ1n) is 4.92. The molecule has 3 rings (SSSR count). The molecule has 2 heterocycles. The van der Waals surface area contributed by atoms with E-state index >= 15 is 0 Å². The van der Waals surface area contributed by atoms with Crippen molar-refractivity contribution in [3.63, 3.8) is 0 Å². The van der Waals surface area contributed by atoms with Gasteiger partial charge in [-0.2, -0.15) is 10.2 Å². The predicted octanol–water partition coefficient (Wildman–Crippen LogP) is 3.01. The van der Waals surface area contributed by atoms with Gasteiger partial charge in [0, 0.05) is 15.5 Å². The van der Waals surface area contributed by atoms with Crippen LogP contribution in [0, 0.1) is 11.3 Å². The van der Waals surface area contributed by atoms with Crippen LogP contribution in [0.4, 0.5) is 5.88 Å². The number of nitrogens with zero attached hydrogens (tertiary/aromatic N) is 2. The molecule has 0 unspecified atom stereocenters. The van der Waals surface area contributed by atoms with Crippen LogP contribution in [0.5, 0.6) is 0 Å². The maximum Gasteiger partial charge on any atom is 0.231 e. The molecule has 3 aromatic rings. The highest BCUT2D eigenvalue weighted by molar-refractivity contribution is 7.17. The van der Waals surface area contributed by atoms with E-state index in [0.717, 1.165) is 15.6 Å². The molecule has 0 amide bonds. The van der Waals surface area contributed by atoms with Crippen LogP contribution < -0.4 is 5.73 Å². The molecule has 0 radical (unpaired) electrons. The summed E-state index contributed by atoms with van der Waals surface area (Å²) in [4.78, 5) is 4.07. The molecule has 0 saturated heterocycles. The van der Waals surface area contributed by atoms with Gasteiger partial charge in [0.2, 0.25) is 17.5 Å². The Morgan fingerprint density at radius 1 is 1.35 bits per heavy atom. The number of rotatable bonds is 1. The lowest BCUT2D eigenvalue weighted by atomic mass is 10.2. The highest BCUT2D eigenvalue weighted by Gasteiger charge is 2.14. The summed E-state index contributed by atoms with van der Waals surface area (Å²) in [5.41, 5.74) is 6.56. The summed E-state index contributed by atoms with van der Waals surface area (Å²) >= 11 is 1.61. The Hall–Kier alpha value is -2.32. The van der Waals surface area contributed by atoms with E-state index in [1.165, 1.54) is 0 Å². The van der Waals surface area contributed by atoms with Gasteiger partial charge >= 0.3 is 0 Å². The minimum atomic E-state index is 0.0674. The van der Waals surface area contributed by atoms with Gasteiger partial charge < -0.3 is 10.2 Å². The molecule has 1 aromatic carbocycles. The number of nitrogen functional groups attached to an aromatic ring is 1. The first kappa shape index (κ1) is 9.87. The van der Waals surface area contributed by atoms with Gasteiger partial charge in [0.1, 0.15) is 6.07 Å². The average molecular weight is 241 g/mol. The Morgan fingerprint density at radius 3 is 2.94 bits per heavy atom. The van der Waals surface area contributed by atoms with Crippen molar-refractivity contribution in [2.75, 3.05) is 5.73 Å². The number of nitriles is 1. The third-order valence-electron chi connectivity index (χ3n) is 2.47. The maximum absolute atomic E-state index is 8.79. The van der Waals surface area contributed by atoms with Crippen LogP contribution >= 0.6 is 11.3 Å². The number of anilines is 1. The molecule has 0 bridgehead atoms. The number of benzene rings is 1. The minimum absolute atomic E-state index is 0.0674. The number of hydrogen-bond donors (Lipinski definition) is 1. The first-order valence-corrected chi connectivity index (χ1v) is 5.80. The lowest BCUT2D eigenvalue weighted by Gasteiger charge is -1.92. The third-order valence-corrected chi connectivity index (χ3v) is 3.43. The number of nitrogens with two attached hydrogens (primary N) is 1. The second-order valence-electron chi connectivity index (χ2n) is 3.49. The molecule has 82 valence electrons. The predicted molar refractivity (Wildman–Crippen MR) is 66.4 cm³/mol. The van der Waals surface area contributed by atoms with Gasteiger partial charge in [-0.15, -0.1) is 11.3 Å².